The van der Waals surface area contributed by atoms with Crippen LogP contribution in [0.5, 0.6) is 0 Å². The number of unbranched alkanes of at least 4 members (excludes halogenated alkanes) is 1. The number of methoxy groups -OCH3 is 1. The van der Waals surface area contributed by atoms with Crippen molar-refractivity contribution in [2.45, 2.75) is 38.7 Å². The molecule has 0 aromatic rings. The third-order valence-electron chi connectivity index (χ3n) is 2.16. The molecule has 0 aromatic carbocycles. The number of hydrogen-bond donors (Lipinski definition) is 0. The molecule has 0 spiro atoms. The number of carbonyl (C=O) groups is 1. The fourth-order valence-electron chi connectivity index (χ4n) is 1.16. The van der Waals surface area contributed by atoms with Gasteiger partial charge in [0.25, 0.3) is 0 Å². The summed E-state index contributed by atoms with van der Waals surface area (Å²) in [5.74, 6) is 6.66. The molecule has 0 aromatic heterocycles. The highest BCUT2D eigenvalue weighted by Crippen LogP contribution is 2.09. The van der Waals surface area contributed by atoms with E-state index >= 15 is 0 Å². The Bertz CT molecular complexity index is 339. The summed E-state index contributed by atoms with van der Waals surface area (Å²) in [4.78, 5) is 11.0. The van der Waals surface area contributed by atoms with Gasteiger partial charge in [0.05, 0.1) is 7.11 Å². The van der Waals surface area contributed by atoms with Crippen molar-refractivity contribution in [1.82, 2.24) is 0 Å². The van der Waals surface area contributed by atoms with Crippen LogP contribution in [0, 0.1) is 11.8 Å². The number of ether oxygens (including phenoxy) is 2. The number of rotatable bonds is 8. The quantitative estimate of drug-likeness (QED) is 0.380. The van der Waals surface area contributed by atoms with Gasteiger partial charge in [-0.3, -0.25) is 0 Å². The predicted molar refractivity (Wildman–Crippen MR) is 81.0 cm³/mol. The van der Waals surface area contributed by atoms with Gasteiger partial charge < -0.3 is 9.47 Å². The van der Waals surface area contributed by atoms with Crippen LogP contribution in [0.25, 0.3) is 0 Å². The molecule has 106 valence electrons. The predicted octanol–water partition coefficient (Wildman–Crippen LogP) is 4.15. The van der Waals surface area contributed by atoms with E-state index in [9.17, 15) is 4.79 Å². The Hall–Kier alpha value is -1.34. The molecule has 0 saturated heterocycles. The van der Waals surface area contributed by atoms with Crippen LogP contribution in [0.4, 0.5) is 4.79 Å². The minimum atomic E-state index is -0.704. The van der Waals surface area contributed by atoms with Crippen LogP contribution < -0.4 is 0 Å². The molecule has 0 aliphatic carbocycles. The monoisotopic (exact) mass is 282 g/mol. The van der Waals surface area contributed by atoms with Crippen molar-refractivity contribution in [2.24, 2.45) is 0 Å². The van der Waals surface area contributed by atoms with Crippen LogP contribution in [-0.4, -0.2) is 25.1 Å². The Morgan fingerprint density at radius 3 is 2.95 bits per heavy atom. The first-order valence-electron chi connectivity index (χ1n) is 6.37. The second kappa shape index (κ2) is 13.1. The zero-order chi connectivity index (χ0) is 14.3. The maximum Gasteiger partial charge on any atom is 0.509 e. The van der Waals surface area contributed by atoms with E-state index in [0.717, 1.165) is 12.2 Å². The van der Waals surface area contributed by atoms with Gasteiger partial charge in [0.1, 0.15) is 0 Å². The number of allylic oxidation sites excluding steroid dienone is 2. The molecule has 1 atom stereocenters. The third kappa shape index (κ3) is 11.5. The molecule has 0 heterocycles. The third-order valence-corrected chi connectivity index (χ3v) is 3.06. The standard InChI is InChI=1S/C15H22O3S/c1-4-6-10-14(18-15(16)17-3)11-8-9-13-19-12-7-5-2/h4,9,13-14H,1,5,7-8,11-12H2,2-3H3/b13-9+. The molecule has 0 amide bonds. The van der Waals surface area contributed by atoms with Crippen molar-refractivity contribution in [3.8, 4) is 11.8 Å². The van der Waals surface area contributed by atoms with Crippen molar-refractivity contribution < 1.29 is 14.3 Å². The van der Waals surface area contributed by atoms with Gasteiger partial charge in [0.15, 0.2) is 6.10 Å². The lowest BCUT2D eigenvalue weighted by molar-refractivity contribution is 0.0532. The van der Waals surface area contributed by atoms with Gasteiger partial charge in [0, 0.05) is 0 Å². The molecule has 0 bridgehead atoms. The second-order valence-corrected chi connectivity index (χ2v) is 4.74. The van der Waals surface area contributed by atoms with Crippen molar-refractivity contribution in [3.05, 3.63) is 24.1 Å². The summed E-state index contributed by atoms with van der Waals surface area (Å²) < 4.78 is 9.48. The van der Waals surface area contributed by atoms with E-state index in [2.05, 4.69) is 41.6 Å². The summed E-state index contributed by atoms with van der Waals surface area (Å²) in [7, 11) is 1.28. The van der Waals surface area contributed by atoms with E-state index < -0.39 is 12.3 Å². The average molecular weight is 282 g/mol. The molecule has 4 heteroatoms. The SMILES string of the molecule is C=CC#CC(CC/C=C/SCCCC)OC(=O)OC. The zero-order valence-electron chi connectivity index (χ0n) is 11.7. The summed E-state index contributed by atoms with van der Waals surface area (Å²) in [6.07, 6.45) is 6.31. The fraction of sp³-hybridized carbons (Fsp3) is 0.533. The van der Waals surface area contributed by atoms with Crippen molar-refractivity contribution in [3.63, 3.8) is 0 Å². The highest BCUT2D eigenvalue weighted by Gasteiger charge is 2.10. The van der Waals surface area contributed by atoms with E-state index in [-0.39, 0.29) is 0 Å². The molecule has 0 rings (SSSR count). The zero-order valence-corrected chi connectivity index (χ0v) is 12.5. The molecule has 0 aliphatic heterocycles. The Morgan fingerprint density at radius 1 is 1.53 bits per heavy atom. The number of thioether (sulfide) groups is 1. The van der Waals surface area contributed by atoms with Gasteiger partial charge in [-0.2, -0.15) is 0 Å². The van der Waals surface area contributed by atoms with Gasteiger partial charge in [-0.25, -0.2) is 4.79 Å². The van der Waals surface area contributed by atoms with E-state index in [1.54, 1.807) is 11.8 Å². The van der Waals surface area contributed by atoms with E-state index in [4.69, 9.17) is 4.74 Å². The molecule has 19 heavy (non-hydrogen) atoms. The summed E-state index contributed by atoms with van der Waals surface area (Å²) in [5.41, 5.74) is 0. The molecule has 0 saturated carbocycles. The van der Waals surface area contributed by atoms with E-state index in [1.807, 2.05) is 0 Å². The Kier molecular flexibility index (Phi) is 12.2. The molecule has 1 unspecified atom stereocenters. The summed E-state index contributed by atoms with van der Waals surface area (Å²) in [5, 5.41) is 2.09. The second-order valence-electron chi connectivity index (χ2n) is 3.73. The molecular formula is C15H22O3S. The normalized spacial score (nSPS) is 11.5. The van der Waals surface area contributed by atoms with E-state index in [1.165, 1.54) is 26.0 Å². The fourth-order valence-corrected chi connectivity index (χ4v) is 2.02. The van der Waals surface area contributed by atoms with Crippen LogP contribution >= 0.6 is 11.8 Å². The minimum absolute atomic E-state index is 0.448. The summed E-state index contributed by atoms with van der Waals surface area (Å²) in [6, 6.07) is 0. The molecule has 0 radical (unpaired) electrons. The highest BCUT2D eigenvalue weighted by atomic mass is 32.2. The van der Waals surface area contributed by atoms with Crippen LogP contribution in [0.15, 0.2) is 24.1 Å². The van der Waals surface area contributed by atoms with Gasteiger partial charge in [-0.1, -0.05) is 37.8 Å². The van der Waals surface area contributed by atoms with Crippen molar-refractivity contribution in [1.29, 1.82) is 0 Å². The first-order valence-corrected chi connectivity index (χ1v) is 7.42. The molecule has 0 aliphatic rings. The number of hydrogen-bond acceptors (Lipinski definition) is 4. The first kappa shape index (κ1) is 17.7. The van der Waals surface area contributed by atoms with Crippen molar-refractivity contribution in [2.75, 3.05) is 12.9 Å². The Morgan fingerprint density at radius 2 is 2.32 bits per heavy atom. The van der Waals surface area contributed by atoms with E-state index in [0.29, 0.717) is 6.42 Å². The smallest absolute Gasteiger partial charge is 0.438 e. The maximum atomic E-state index is 11.0. The molecule has 0 N–H and O–H groups in total. The first-order chi connectivity index (χ1) is 9.24. The lowest BCUT2D eigenvalue weighted by atomic mass is 10.2. The largest absolute Gasteiger partial charge is 0.509 e. The number of carbonyl (C=O) groups excluding carboxylic acids is 1. The van der Waals surface area contributed by atoms with Crippen molar-refractivity contribution >= 4 is 17.9 Å². The topological polar surface area (TPSA) is 35.5 Å². The summed E-state index contributed by atoms with van der Waals surface area (Å²) in [6.45, 7) is 5.69. The van der Waals surface area contributed by atoms with Gasteiger partial charge >= 0.3 is 6.16 Å². The summed E-state index contributed by atoms with van der Waals surface area (Å²) >= 11 is 1.80. The lowest BCUT2D eigenvalue weighted by Gasteiger charge is -2.09. The maximum absolute atomic E-state index is 11.0. The molecule has 0 fully saturated rings. The van der Waals surface area contributed by atoms with Gasteiger partial charge in [0.2, 0.25) is 0 Å². The lowest BCUT2D eigenvalue weighted by Crippen LogP contribution is -2.16. The van der Waals surface area contributed by atoms with Crippen LogP contribution in [0.2, 0.25) is 0 Å². The molecular weight excluding hydrogens is 260 g/mol. The minimum Gasteiger partial charge on any atom is -0.438 e. The average Bonchev–Trinajstić information content (AvgIpc) is 2.43. The van der Waals surface area contributed by atoms with Gasteiger partial charge in [-0.05, 0) is 36.5 Å². The highest BCUT2D eigenvalue weighted by molar-refractivity contribution is 8.02. The molecule has 3 nitrogen and oxygen atoms in total. The van der Waals surface area contributed by atoms with Crippen LogP contribution in [0.1, 0.15) is 32.6 Å². The Labute approximate surface area is 120 Å². The van der Waals surface area contributed by atoms with Crippen LogP contribution in [0.3, 0.4) is 0 Å². The Balaban J connectivity index is 3.98. The van der Waals surface area contributed by atoms with Crippen LogP contribution in [-0.2, 0) is 9.47 Å². The van der Waals surface area contributed by atoms with Gasteiger partial charge in [-0.15, -0.1) is 11.8 Å².